The molecule has 5 rings (SSSR count). The van der Waals surface area contributed by atoms with Crippen molar-refractivity contribution in [2.75, 3.05) is 13.2 Å². The van der Waals surface area contributed by atoms with Crippen LogP contribution in [0.4, 0.5) is 4.79 Å². The second-order valence-corrected chi connectivity index (χ2v) is 11.4. The van der Waals surface area contributed by atoms with Gasteiger partial charge in [0.05, 0.1) is 16.8 Å². The molecule has 0 bridgehead atoms. The van der Waals surface area contributed by atoms with Gasteiger partial charge in [-0.3, -0.25) is 0 Å². The summed E-state index contributed by atoms with van der Waals surface area (Å²) in [5, 5.41) is 12.3. The molecule has 1 amide bonds. The van der Waals surface area contributed by atoms with Crippen molar-refractivity contribution in [2.45, 2.75) is 51.7 Å². The molecular weight excluding hydrogens is 505 g/mol. The molecule has 0 aromatic heterocycles. The van der Waals surface area contributed by atoms with Gasteiger partial charge in [-0.2, -0.15) is 0 Å². The Morgan fingerprint density at radius 2 is 1.52 bits per heavy atom. The maximum absolute atomic E-state index is 12.9. The number of aryl methyl sites for hydroxylation is 1. The Balaban J connectivity index is 1.34. The lowest BCUT2D eigenvalue weighted by molar-refractivity contribution is 0.00578. The second-order valence-electron chi connectivity index (χ2n) is 11.4. The van der Waals surface area contributed by atoms with Crippen molar-refractivity contribution >= 4 is 25.3 Å². The van der Waals surface area contributed by atoms with Crippen LogP contribution in [0.15, 0.2) is 72.2 Å². The average Bonchev–Trinajstić information content (AvgIpc) is 3.35. The first-order valence-corrected chi connectivity index (χ1v) is 13.5. The Bertz CT molecular complexity index is 1430. The van der Waals surface area contributed by atoms with Crippen molar-refractivity contribution in [1.29, 1.82) is 0 Å². The van der Waals surface area contributed by atoms with Crippen LogP contribution >= 0.6 is 0 Å². The van der Waals surface area contributed by atoms with E-state index < -0.39 is 30.4 Å². The van der Waals surface area contributed by atoms with Crippen LogP contribution in [-0.2, 0) is 14.0 Å². The number of carbonyl (C=O) groups is 2. The van der Waals surface area contributed by atoms with Gasteiger partial charge in [-0.25, -0.2) is 9.59 Å². The van der Waals surface area contributed by atoms with Gasteiger partial charge in [-0.15, -0.1) is 0 Å². The zero-order chi connectivity index (χ0) is 28.7. The highest BCUT2D eigenvalue weighted by atomic mass is 16.7. The van der Waals surface area contributed by atoms with Gasteiger partial charge in [-0.1, -0.05) is 60.7 Å². The van der Waals surface area contributed by atoms with Gasteiger partial charge >= 0.3 is 19.2 Å². The lowest BCUT2D eigenvalue weighted by Crippen LogP contribution is -2.41. The molecule has 1 saturated heterocycles. The molecule has 0 atom stereocenters. The molecule has 40 heavy (non-hydrogen) atoms. The predicted octanol–water partition coefficient (Wildman–Crippen LogP) is 6.25. The fourth-order valence-electron chi connectivity index (χ4n) is 5.15. The summed E-state index contributed by atoms with van der Waals surface area (Å²) < 4.78 is 18.3. The molecule has 1 heterocycles. The van der Waals surface area contributed by atoms with E-state index in [0.29, 0.717) is 11.0 Å². The Morgan fingerprint density at radius 1 is 0.950 bits per heavy atom. The van der Waals surface area contributed by atoms with Crippen LogP contribution in [0.1, 0.15) is 66.2 Å². The zero-order valence-electron chi connectivity index (χ0n) is 23.5. The number of carboxylic acid groups (broad SMARTS) is 1. The first-order chi connectivity index (χ1) is 19.0. The smallest absolute Gasteiger partial charge is 0.478 e. The number of nitrogens with one attached hydrogen (secondary N) is 1. The summed E-state index contributed by atoms with van der Waals surface area (Å²) in [6, 6.07) is 21.3. The number of carbonyl (C=O) groups excluding carboxylic acids is 1. The summed E-state index contributed by atoms with van der Waals surface area (Å²) in [4.78, 5) is 24.5. The largest absolute Gasteiger partial charge is 0.492 e. The van der Waals surface area contributed by atoms with Gasteiger partial charge in [0, 0.05) is 12.5 Å². The van der Waals surface area contributed by atoms with E-state index in [-0.39, 0.29) is 24.6 Å². The topological polar surface area (TPSA) is 94.1 Å². The maximum Gasteiger partial charge on any atom is 0.492 e. The number of benzene rings is 3. The number of amides is 1. The van der Waals surface area contributed by atoms with Crippen LogP contribution in [0.2, 0.25) is 0 Å². The van der Waals surface area contributed by atoms with Gasteiger partial charge in [0.1, 0.15) is 6.61 Å². The average molecular weight is 539 g/mol. The molecule has 206 valence electrons. The zero-order valence-corrected chi connectivity index (χ0v) is 23.5. The van der Waals surface area contributed by atoms with E-state index in [1.807, 2.05) is 65.0 Å². The van der Waals surface area contributed by atoms with E-state index in [9.17, 15) is 14.7 Å². The minimum atomic E-state index is -1.01. The minimum absolute atomic E-state index is 0.0438. The van der Waals surface area contributed by atoms with Gasteiger partial charge in [0.2, 0.25) is 0 Å². The van der Waals surface area contributed by atoms with Crippen LogP contribution in [0, 0.1) is 6.92 Å². The standard InChI is InChI=1S/C32H34BNO6/c1-20-14-15-21(29(35)36)16-22(20)17-23(33-39-31(2,3)32(4,5)40-33)18-34-30(37)38-19-28-26-12-8-6-10-24(26)25-11-7-9-13-27(25)28/h6-17,28H,18-19H2,1-5H3,(H,34,37)(H,35,36). The van der Waals surface area contributed by atoms with Crippen molar-refractivity contribution in [3.63, 3.8) is 0 Å². The highest BCUT2D eigenvalue weighted by molar-refractivity contribution is 6.56. The Hall–Kier alpha value is -3.88. The van der Waals surface area contributed by atoms with Crippen LogP contribution < -0.4 is 5.32 Å². The normalized spacial score (nSPS) is 17.3. The summed E-state index contributed by atoms with van der Waals surface area (Å²) >= 11 is 0. The minimum Gasteiger partial charge on any atom is -0.478 e. The van der Waals surface area contributed by atoms with Crippen LogP contribution in [0.25, 0.3) is 17.2 Å². The van der Waals surface area contributed by atoms with Crippen molar-refractivity contribution in [3.8, 4) is 11.1 Å². The van der Waals surface area contributed by atoms with Crippen molar-refractivity contribution in [2.24, 2.45) is 0 Å². The van der Waals surface area contributed by atoms with Crippen LogP contribution in [-0.4, -0.2) is 48.6 Å². The third-order valence-corrected chi connectivity index (χ3v) is 8.20. The Morgan fingerprint density at radius 3 is 2.10 bits per heavy atom. The van der Waals surface area contributed by atoms with Gasteiger partial charge in [0.15, 0.2) is 0 Å². The lowest BCUT2D eigenvalue weighted by Gasteiger charge is -2.32. The fraction of sp³-hybridized carbons (Fsp3) is 0.312. The predicted molar refractivity (Wildman–Crippen MR) is 155 cm³/mol. The highest BCUT2D eigenvalue weighted by Gasteiger charge is 2.52. The number of hydrogen-bond donors (Lipinski definition) is 2. The molecule has 0 radical (unpaired) electrons. The van der Waals surface area contributed by atoms with Crippen molar-refractivity contribution < 1.29 is 28.7 Å². The number of carboxylic acids is 1. The quantitative estimate of drug-likeness (QED) is 0.345. The van der Waals surface area contributed by atoms with Gasteiger partial charge < -0.3 is 24.5 Å². The monoisotopic (exact) mass is 539 g/mol. The summed E-state index contributed by atoms with van der Waals surface area (Å²) in [5.74, 6) is -1.05. The first kappa shape index (κ1) is 27.7. The molecule has 0 spiro atoms. The molecule has 8 heteroatoms. The summed E-state index contributed by atoms with van der Waals surface area (Å²) in [6.07, 6.45) is 1.27. The Labute approximate surface area is 235 Å². The third-order valence-electron chi connectivity index (χ3n) is 8.20. The molecule has 3 aromatic rings. The maximum atomic E-state index is 12.9. The second kappa shape index (κ2) is 10.6. The molecule has 1 aliphatic heterocycles. The molecule has 7 nitrogen and oxygen atoms in total. The van der Waals surface area contributed by atoms with Crippen molar-refractivity contribution in [1.82, 2.24) is 5.32 Å². The number of hydrogen-bond acceptors (Lipinski definition) is 5. The van der Waals surface area contributed by atoms with E-state index >= 15 is 0 Å². The van der Waals surface area contributed by atoms with Gasteiger partial charge in [0.25, 0.3) is 0 Å². The molecule has 1 aliphatic carbocycles. The number of fused-ring (bicyclic) bond motifs is 3. The Kier molecular flexibility index (Phi) is 7.33. The summed E-state index contributed by atoms with van der Waals surface area (Å²) in [7, 11) is -0.730. The van der Waals surface area contributed by atoms with E-state index in [2.05, 4.69) is 29.6 Å². The molecule has 1 fully saturated rings. The van der Waals surface area contributed by atoms with Gasteiger partial charge in [-0.05, 0) is 85.6 Å². The van der Waals surface area contributed by atoms with Crippen molar-refractivity contribution in [3.05, 3.63) is 100 Å². The van der Waals surface area contributed by atoms with Crippen LogP contribution in [0.5, 0.6) is 0 Å². The third kappa shape index (κ3) is 5.29. The first-order valence-electron chi connectivity index (χ1n) is 13.5. The fourth-order valence-corrected chi connectivity index (χ4v) is 5.15. The van der Waals surface area contributed by atoms with E-state index in [1.54, 1.807) is 18.2 Å². The molecule has 3 aromatic carbocycles. The summed E-state index contributed by atoms with van der Waals surface area (Å²) in [5.41, 5.74) is 5.86. The molecule has 0 saturated carbocycles. The summed E-state index contributed by atoms with van der Waals surface area (Å²) in [6.45, 7) is 10.0. The molecule has 2 aliphatic rings. The lowest BCUT2D eigenvalue weighted by atomic mass is 9.76. The molecule has 0 unspecified atom stereocenters. The number of aromatic carboxylic acids is 1. The van der Waals surface area contributed by atoms with E-state index in [4.69, 9.17) is 14.0 Å². The van der Waals surface area contributed by atoms with E-state index in [0.717, 1.165) is 27.8 Å². The SMILES string of the molecule is Cc1ccc(C(=O)O)cc1C=C(CNC(=O)OCC1c2ccccc2-c2ccccc21)B1OC(C)(C)C(C)(C)O1. The molecular formula is C32H34BNO6. The van der Waals surface area contributed by atoms with E-state index in [1.165, 1.54) is 0 Å². The molecule has 2 N–H and O–H groups in total. The number of rotatable bonds is 7. The number of alkyl carbamates (subject to hydrolysis) is 1. The number of ether oxygens (including phenoxy) is 1. The van der Waals surface area contributed by atoms with Crippen LogP contribution in [0.3, 0.4) is 0 Å². The highest BCUT2D eigenvalue weighted by Crippen LogP contribution is 2.44.